The summed E-state index contributed by atoms with van der Waals surface area (Å²) in [5, 5.41) is 6.01. The second kappa shape index (κ2) is 6.88. The highest BCUT2D eigenvalue weighted by Gasteiger charge is 2.09. The summed E-state index contributed by atoms with van der Waals surface area (Å²) in [6.45, 7) is 3.43. The van der Waals surface area contributed by atoms with Gasteiger partial charge in [0.1, 0.15) is 0 Å². The van der Waals surface area contributed by atoms with Crippen LogP contribution in [-0.4, -0.2) is 33.8 Å². The molecule has 124 valence electrons. The standard InChI is InChI=1S/C18H15N5O2/c1-3-16(24)22-13-6-7-20-14(9-13)11-4-5-12-10-21-17(18(25)19-2)23-15(12)8-11/h3-10H,1H2,2H3,(H,19,25)(H,20,22,24). The molecule has 0 atom stereocenters. The molecule has 0 unspecified atom stereocenters. The molecule has 3 aromatic rings. The Labute approximate surface area is 143 Å². The van der Waals surface area contributed by atoms with E-state index in [1.54, 1.807) is 24.5 Å². The maximum atomic E-state index is 11.7. The van der Waals surface area contributed by atoms with Crippen LogP contribution in [0.1, 0.15) is 10.6 Å². The van der Waals surface area contributed by atoms with Gasteiger partial charge in [-0.2, -0.15) is 0 Å². The predicted molar refractivity (Wildman–Crippen MR) is 95.0 cm³/mol. The minimum absolute atomic E-state index is 0.104. The van der Waals surface area contributed by atoms with Crippen molar-refractivity contribution in [1.29, 1.82) is 0 Å². The first-order chi connectivity index (χ1) is 12.1. The van der Waals surface area contributed by atoms with E-state index >= 15 is 0 Å². The average molecular weight is 333 g/mol. The number of nitrogens with zero attached hydrogens (tertiary/aromatic N) is 3. The van der Waals surface area contributed by atoms with Crippen molar-refractivity contribution >= 4 is 28.4 Å². The third kappa shape index (κ3) is 3.50. The maximum absolute atomic E-state index is 11.7. The van der Waals surface area contributed by atoms with E-state index in [1.165, 1.54) is 13.1 Å². The summed E-state index contributed by atoms with van der Waals surface area (Å²) in [5.41, 5.74) is 2.73. The summed E-state index contributed by atoms with van der Waals surface area (Å²) < 4.78 is 0. The van der Waals surface area contributed by atoms with Crippen molar-refractivity contribution in [1.82, 2.24) is 20.3 Å². The molecular formula is C18H15N5O2. The fourth-order valence-electron chi connectivity index (χ4n) is 2.26. The number of aromatic nitrogens is 3. The Bertz CT molecular complexity index is 984. The molecule has 0 fully saturated rings. The first-order valence-electron chi connectivity index (χ1n) is 7.49. The normalized spacial score (nSPS) is 10.3. The number of carbonyl (C=O) groups excluding carboxylic acids is 2. The third-order valence-corrected chi connectivity index (χ3v) is 3.52. The zero-order valence-corrected chi connectivity index (χ0v) is 13.5. The molecule has 3 rings (SSSR count). The molecule has 0 aliphatic heterocycles. The van der Waals surface area contributed by atoms with Gasteiger partial charge in [0.25, 0.3) is 5.91 Å². The second-order valence-corrected chi connectivity index (χ2v) is 5.17. The Morgan fingerprint density at radius 2 is 2.00 bits per heavy atom. The molecule has 2 aromatic heterocycles. The summed E-state index contributed by atoms with van der Waals surface area (Å²) in [7, 11) is 1.53. The number of benzene rings is 1. The topological polar surface area (TPSA) is 96.9 Å². The highest BCUT2D eigenvalue weighted by atomic mass is 16.2. The van der Waals surface area contributed by atoms with Crippen molar-refractivity contribution in [3.63, 3.8) is 0 Å². The number of hydrogen-bond acceptors (Lipinski definition) is 5. The molecular weight excluding hydrogens is 318 g/mol. The molecule has 0 aliphatic carbocycles. The van der Waals surface area contributed by atoms with Gasteiger partial charge in [0.05, 0.1) is 11.2 Å². The number of fused-ring (bicyclic) bond motifs is 1. The molecule has 0 spiro atoms. The minimum atomic E-state index is -0.348. The third-order valence-electron chi connectivity index (χ3n) is 3.52. The largest absolute Gasteiger partial charge is 0.352 e. The fraction of sp³-hybridized carbons (Fsp3) is 0.0556. The number of amides is 2. The number of carbonyl (C=O) groups is 2. The molecule has 25 heavy (non-hydrogen) atoms. The summed E-state index contributed by atoms with van der Waals surface area (Å²) in [5.74, 6) is -0.537. The molecule has 0 saturated carbocycles. The van der Waals surface area contributed by atoms with Crippen molar-refractivity contribution in [2.24, 2.45) is 0 Å². The van der Waals surface area contributed by atoms with Crippen molar-refractivity contribution in [3.8, 4) is 11.3 Å². The lowest BCUT2D eigenvalue weighted by Crippen LogP contribution is -2.20. The zero-order chi connectivity index (χ0) is 17.8. The maximum Gasteiger partial charge on any atom is 0.288 e. The smallest absolute Gasteiger partial charge is 0.288 e. The Balaban J connectivity index is 2.00. The van der Waals surface area contributed by atoms with Crippen LogP contribution in [0.2, 0.25) is 0 Å². The Morgan fingerprint density at radius 1 is 1.16 bits per heavy atom. The predicted octanol–water partition coefficient (Wildman–Crippen LogP) is 2.18. The fourth-order valence-corrected chi connectivity index (χ4v) is 2.26. The van der Waals surface area contributed by atoms with Gasteiger partial charge in [-0.15, -0.1) is 0 Å². The number of anilines is 1. The van der Waals surface area contributed by atoms with Crippen molar-refractivity contribution < 1.29 is 9.59 Å². The van der Waals surface area contributed by atoms with Crippen LogP contribution in [0.3, 0.4) is 0 Å². The van der Waals surface area contributed by atoms with Crippen LogP contribution in [0, 0.1) is 0 Å². The van der Waals surface area contributed by atoms with Crippen molar-refractivity contribution in [2.45, 2.75) is 0 Å². The second-order valence-electron chi connectivity index (χ2n) is 5.17. The van der Waals surface area contributed by atoms with Crippen LogP contribution in [0.15, 0.2) is 55.4 Å². The first kappa shape index (κ1) is 16.3. The summed E-state index contributed by atoms with van der Waals surface area (Å²) in [6, 6.07) is 9.01. The zero-order valence-electron chi connectivity index (χ0n) is 13.5. The molecule has 0 bridgehead atoms. The molecule has 0 radical (unpaired) electrons. The molecule has 2 N–H and O–H groups in total. The van der Waals surface area contributed by atoms with E-state index in [2.05, 4.69) is 32.2 Å². The Hall–Kier alpha value is -3.61. The van der Waals surface area contributed by atoms with Gasteiger partial charge in [-0.3, -0.25) is 14.6 Å². The Morgan fingerprint density at radius 3 is 2.76 bits per heavy atom. The van der Waals surface area contributed by atoms with E-state index in [0.29, 0.717) is 16.9 Å². The van der Waals surface area contributed by atoms with Crippen LogP contribution in [0.4, 0.5) is 5.69 Å². The van der Waals surface area contributed by atoms with Crippen LogP contribution < -0.4 is 10.6 Å². The summed E-state index contributed by atoms with van der Waals surface area (Å²) >= 11 is 0. The van der Waals surface area contributed by atoms with Gasteiger partial charge in [0.2, 0.25) is 11.7 Å². The highest BCUT2D eigenvalue weighted by molar-refractivity contribution is 5.99. The van der Waals surface area contributed by atoms with Crippen LogP contribution in [0.5, 0.6) is 0 Å². The summed E-state index contributed by atoms with van der Waals surface area (Å²) in [6.07, 6.45) is 4.41. The lowest BCUT2D eigenvalue weighted by atomic mass is 10.1. The molecule has 7 heteroatoms. The van der Waals surface area contributed by atoms with Crippen molar-refractivity contribution in [2.75, 3.05) is 12.4 Å². The number of hydrogen-bond donors (Lipinski definition) is 2. The quantitative estimate of drug-likeness (QED) is 0.713. The molecule has 0 saturated heterocycles. The minimum Gasteiger partial charge on any atom is -0.352 e. The molecule has 2 amide bonds. The van der Waals surface area contributed by atoms with E-state index in [4.69, 9.17) is 0 Å². The number of pyridine rings is 1. The molecule has 0 aliphatic rings. The van der Waals surface area contributed by atoms with Gasteiger partial charge in [-0.05, 0) is 24.3 Å². The van der Waals surface area contributed by atoms with Gasteiger partial charge in [-0.25, -0.2) is 9.97 Å². The van der Waals surface area contributed by atoms with Crippen LogP contribution in [0.25, 0.3) is 22.2 Å². The lowest BCUT2D eigenvalue weighted by molar-refractivity contribution is -0.111. The van der Waals surface area contributed by atoms with Gasteiger partial charge in [-0.1, -0.05) is 18.7 Å². The van der Waals surface area contributed by atoms with E-state index in [0.717, 1.165) is 10.9 Å². The first-order valence-corrected chi connectivity index (χ1v) is 7.49. The monoisotopic (exact) mass is 333 g/mol. The van der Waals surface area contributed by atoms with E-state index in [1.807, 2.05) is 18.2 Å². The van der Waals surface area contributed by atoms with Gasteiger partial charge >= 0.3 is 0 Å². The van der Waals surface area contributed by atoms with Crippen LogP contribution in [-0.2, 0) is 4.79 Å². The van der Waals surface area contributed by atoms with Gasteiger partial charge < -0.3 is 10.6 Å². The average Bonchev–Trinajstić information content (AvgIpc) is 2.66. The van der Waals surface area contributed by atoms with Crippen molar-refractivity contribution in [3.05, 3.63) is 61.2 Å². The van der Waals surface area contributed by atoms with E-state index < -0.39 is 0 Å². The number of nitrogens with one attached hydrogen (secondary N) is 2. The van der Waals surface area contributed by atoms with Crippen LogP contribution >= 0.6 is 0 Å². The highest BCUT2D eigenvalue weighted by Crippen LogP contribution is 2.23. The summed E-state index contributed by atoms with van der Waals surface area (Å²) in [4.78, 5) is 35.8. The molecule has 2 heterocycles. The SMILES string of the molecule is C=CC(=O)Nc1ccnc(-c2ccc3cnc(C(=O)NC)nc3c2)c1. The van der Waals surface area contributed by atoms with E-state index in [9.17, 15) is 9.59 Å². The van der Waals surface area contributed by atoms with E-state index in [-0.39, 0.29) is 17.6 Å². The molecule has 1 aromatic carbocycles. The van der Waals surface area contributed by atoms with Gasteiger partial charge in [0, 0.05) is 36.1 Å². The Kier molecular flexibility index (Phi) is 4.47. The lowest BCUT2D eigenvalue weighted by Gasteiger charge is -2.07. The molecule has 7 nitrogen and oxygen atoms in total. The van der Waals surface area contributed by atoms with Gasteiger partial charge in [0.15, 0.2) is 0 Å². The number of rotatable bonds is 4.